The minimum absolute atomic E-state index is 0.199. The number of anilines is 1. The van der Waals surface area contributed by atoms with Gasteiger partial charge in [-0.3, -0.25) is 9.97 Å². The molecular weight excluding hydrogens is 426 g/mol. The van der Waals surface area contributed by atoms with Crippen LogP contribution in [-0.4, -0.2) is 29.4 Å². The molecule has 158 valence electrons. The Morgan fingerprint density at radius 1 is 0.969 bits per heavy atom. The van der Waals surface area contributed by atoms with Gasteiger partial charge in [-0.1, -0.05) is 54.1 Å². The van der Waals surface area contributed by atoms with E-state index in [0.717, 1.165) is 16.7 Å². The molecule has 1 N–H and O–H groups in total. The van der Waals surface area contributed by atoms with Crippen LogP contribution in [0.5, 0.6) is 0 Å². The van der Waals surface area contributed by atoms with Crippen molar-refractivity contribution < 1.29 is 0 Å². The number of halogens is 1. The Hall–Kier alpha value is -4.04. The normalized spacial score (nSPS) is 11.0. The first-order valence-electron chi connectivity index (χ1n) is 9.96. The summed E-state index contributed by atoms with van der Waals surface area (Å²) >= 11 is 6.07. The molecule has 8 nitrogen and oxygen atoms in total. The summed E-state index contributed by atoms with van der Waals surface area (Å²) in [7, 11) is 0. The predicted molar refractivity (Wildman–Crippen MR) is 123 cm³/mol. The molecule has 0 saturated carbocycles. The summed E-state index contributed by atoms with van der Waals surface area (Å²) < 4.78 is 2.63. The Balaban J connectivity index is 1.62. The zero-order valence-corrected chi connectivity index (χ0v) is 17.6. The van der Waals surface area contributed by atoms with Gasteiger partial charge in [0.25, 0.3) is 0 Å². The van der Waals surface area contributed by atoms with E-state index in [1.165, 1.54) is 9.20 Å². The highest BCUT2D eigenvalue weighted by Crippen LogP contribution is 2.31. The van der Waals surface area contributed by atoms with E-state index in [0.29, 0.717) is 28.6 Å². The van der Waals surface area contributed by atoms with E-state index in [4.69, 9.17) is 11.6 Å². The summed E-state index contributed by atoms with van der Waals surface area (Å²) in [5.41, 5.74) is 4.26. The van der Waals surface area contributed by atoms with Gasteiger partial charge in [-0.05, 0) is 23.3 Å². The third kappa shape index (κ3) is 3.95. The number of fused-ring (bicyclic) bond motifs is 1. The predicted octanol–water partition coefficient (Wildman–Crippen LogP) is 3.66. The minimum Gasteiger partial charge on any atom is -0.377 e. The fourth-order valence-electron chi connectivity index (χ4n) is 3.44. The molecular formula is C23H18ClN7O. The van der Waals surface area contributed by atoms with E-state index >= 15 is 0 Å². The lowest BCUT2D eigenvalue weighted by molar-refractivity contribution is 0.636. The highest BCUT2D eigenvalue weighted by atomic mass is 35.5. The molecule has 5 rings (SSSR count). The molecule has 0 saturated heterocycles. The van der Waals surface area contributed by atoms with Crippen LogP contribution in [-0.2, 0) is 13.1 Å². The molecule has 0 amide bonds. The van der Waals surface area contributed by atoms with Gasteiger partial charge in [-0.25, -0.2) is 9.48 Å². The van der Waals surface area contributed by atoms with Crippen molar-refractivity contribution in [2.75, 3.05) is 5.32 Å². The van der Waals surface area contributed by atoms with Gasteiger partial charge in [0.1, 0.15) is 0 Å². The zero-order chi connectivity index (χ0) is 21.9. The molecule has 3 aromatic heterocycles. The molecule has 0 radical (unpaired) electrons. The van der Waals surface area contributed by atoms with Gasteiger partial charge >= 0.3 is 5.69 Å². The quantitative estimate of drug-likeness (QED) is 0.430. The van der Waals surface area contributed by atoms with E-state index in [-0.39, 0.29) is 12.2 Å². The number of hydrogen-bond donors (Lipinski definition) is 1. The largest absolute Gasteiger partial charge is 0.377 e. The molecule has 0 aliphatic heterocycles. The molecule has 0 atom stereocenters. The van der Waals surface area contributed by atoms with Crippen LogP contribution in [0.1, 0.15) is 11.3 Å². The molecule has 9 heteroatoms. The van der Waals surface area contributed by atoms with Crippen LogP contribution in [0.3, 0.4) is 0 Å². The van der Waals surface area contributed by atoms with Crippen molar-refractivity contribution in [2.45, 2.75) is 13.1 Å². The molecule has 0 aliphatic rings. The lowest BCUT2D eigenvalue weighted by Gasteiger charge is -2.13. The van der Waals surface area contributed by atoms with Crippen LogP contribution >= 0.6 is 11.6 Å². The number of benzene rings is 2. The summed E-state index contributed by atoms with van der Waals surface area (Å²) in [6.45, 7) is 0.761. The van der Waals surface area contributed by atoms with Gasteiger partial charge in [0.2, 0.25) is 5.65 Å². The maximum Gasteiger partial charge on any atom is 0.367 e. The zero-order valence-electron chi connectivity index (χ0n) is 16.9. The van der Waals surface area contributed by atoms with Crippen molar-refractivity contribution >= 4 is 22.9 Å². The molecule has 2 aromatic carbocycles. The van der Waals surface area contributed by atoms with E-state index < -0.39 is 0 Å². The number of nitrogens with one attached hydrogen (secondary N) is 1. The van der Waals surface area contributed by atoms with Crippen LogP contribution in [0.15, 0.2) is 84.2 Å². The third-order valence-electron chi connectivity index (χ3n) is 5.01. The highest BCUT2D eigenvalue weighted by molar-refractivity contribution is 6.30. The van der Waals surface area contributed by atoms with Crippen molar-refractivity contribution in [3.8, 4) is 11.1 Å². The summed E-state index contributed by atoms with van der Waals surface area (Å²) in [6.07, 6.45) is 6.44. The van der Waals surface area contributed by atoms with Gasteiger partial charge in [0.15, 0.2) is 0 Å². The van der Waals surface area contributed by atoms with Crippen LogP contribution in [0.25, 0.3) is 16.8 Å². The van der Waals surface area contributed by atoms with Crippen LogP contribution in [0, 0.1) is 0 Å². The average Bonchev–Trinajstić information content (AvgIpc) is 3.15. The van der Waals surface area contributed by atoms with E-state index in [2.05, 4.69) is 25.5 Å². The smallest absolute Gasteiger partial charge is 0.367 e. The first kappa shape index (κ1) is 19.9. The van der Waals surface area contributed by atoms with Crippen molar-refractivity contribution in [2.24, 2.45) is 0 Å². The van der Waals surface area contributed by atoms with Crippen LogP contribution in [0.4, 0.5) is 5.69 Å². The van der Waals surface area contributed by atoms with Crippen molar-refractivity contribution in [3.63, 3.8) is 0 Å². The summed E-state index contributed by atoms with van der Waals surface area (Å²) in [6, 6.07) is 17.5. The second kappa shape index (κ2) is 8.60. The average molecular weight is 444 g/mol. The maximum absolute atomic E-state index is 13.0. The van der Waals surface area contributed by atoms with E-state index in [9.17, 15) is 4.79 Å². The lowest BCUT2D eigenvalue weighted by Crippen LogP contribution is -2.23. The lowest BCUT2D eigenvalue weighted by atomic mass is 10.1. The fourth-order valence-corrected chi connectivity index (χ4v) is 3.56. The monoisotopic (exact) mass is 443 g/mol. The van der Waals surface area contributed by atoms with Crippen molar-refractivity contribution in [1.29, 1.82) is 0 Å². The topological polar surface area (TPSA) is 90.0 Å². The van der Waals surface area contributed by atoms with Crippen LogP contribution in [0.2, 0.25) is 5.02 Å². The van der Waals surface area contributed by atoms with Gasteiger partial charge in [-0.15, -0.1) is 5.10 Å². The number of hydrogen-bond acceptors (Lipinski definition) is 6. The Labute approximate surface area is 188 Å². The Kier molecular flexibility index (Phi) is 5.35. The van der Waals surface area contributed by atoms with Crippen LogP contribution < -0.4 is 11.0 Å². The third-order valence-corrected chi connectivity index (χ3v) is 5.26. The van der Waals surface area contributed by atoms with E-state index in [1.807, 2.05) is 54.6 Å². The Bertz CT molecular complexity index is 1410. The molecule has 0 aliphatic carbocycles. The highest BCUT2D eigenvalue weighted by Gasteiger charge is 2.17. The van der Waals surface area contributed by atoms with E-state index in [1.54, 1.807) is 24.8 Å². The first-order valence-corrected chi connectivity index (χ1v) is 10.3. The van der Waals surface area contributed by atoms with Gasteiger partial charge in [0.05, 0.1) is 30.3 Å². The minimum atomic E-state index is -0.351. The molecule has 0 bridgehead atoms. The van der Waals surface area contributed by atoms with Gasteiger partial charge in [0, 0.05) is 29.5 Å². The SMILES string of the molecule is O=c1n(Cc2cnccn2)nc2c(NCc3ccccc3)c(-c3ccc(Cl)cc3)cnn12. The second-order valence-electron chi connectivity index (χ2n) is 7.15. The fraction of sp³-hybridized carbons (Fsp3) is 0.0870. The summed E-state index contributed by atoms with van der Waals surface area (Å²) in [5.74, 6) is 0. The molecule has 0 fully saturated rings. The molecule has 5 aromatic rings. The molecule has 3 heterocycles. The number of rotatable bonds is 6. The molecule has 0 unspecified atom stereocenters. The Morgan fingerprint density at radius 2 is 1.78 bits per heavy atom. The summed E-state index contributed by atoms with van der Waals surface area (Å²) in [5, 5.41) is 13.0. The molecule has 32 heavy (non-hydrogen) atoms. The second-order valence-corrected chi connectivity index (χ2v) is 7.59. The molecule has 0 spiro atoms. The number of nitrogens with zero attached hydrogens (tertiary/aromatic N) is 6. The first-order chi connectivity index (χ1) is 15.7. The van der Waals surface area contributed by atoms with Gasteiger partial charge < -0.3 is 5.32 Å². The van der Waals surface area contributed by atoms with Crippen molar-refractivity contribution in [1.82, 2.24) is 29.4 Å². The van der Waals surface area contributed by atoms with Crippen molar-refractivity contribution in [3.05, 3.63) is 106 Å². The standard InChI is InChI=1S/C23H18ClN7O/c24-18-8-6-17(7-9-18)20-14-28-31-22(21(20)27-12-16-4-2-1-3-5-16)29-30(23(31)32)15-19-13-25-10-11-26-19/h1-11,13-14,27H,12,15H2. The number of aromatic nitrogens is 6. The summed E-state index contributed by atoms with van der Waals surface area (Å²) in [4.78, 5) is 21.3. The van der Waals surface area contributed by atoms with Gasteiger partial charge in [-0.2, -0.15) is 9.61 Å². The Morgan fingerprint density at radius 3 is 2.53 bits per heavy atom. The maximum atomic E-state index is 13.0.